The second-order valence-corrected chi connectivity index (χ2v) is 6.40. The fraction of sp³-hybridized carbons (Fsp3) is 0.0556. The van der Waals surface area contributed by atoms with Crippen molar-refractivity contribution in [2.24, 2.45) is 0 Å². The number of hydrogen-bond acceptors (Lipinski definition) is 5. The van der Waals surface area contributed by atoms with E-state index in [0.717, 1.165) is 0 Å². The Hall–Kier alpha value is -3.53. The van der Waals surface area contributed by atoms with Gasteiger partial charge in [0.25, 0.3) is 17.7 Å². The quantitative estimate of drug-likeness (QED) is 0.432. The first-order chi connectivity index (χ1) is 13.5. The molecule has 0 aliphatic rings. The molecule has 3 rings (SSSR count). The molecule has 9 nitrogen and oxygen atoms in total. The van der Waals surface area contributed by atoms with Crippen LogP contribution in [0.4, 0.5) is 5.69 Å². The number of carbonyl (C=O) groups is 3. The molecule has 144 valence electrons. The van der Waals surface area contributed by atoms with E-state index in [1.165, 1.54) is 6.26 Å². The summed E-state index contributed by atoms with van der Waals surface area (Å²) in [5, 5.41) is 2.66. The molecule has 28 heavy (non-hydrogen) atoms. The largest absolute Gasteiger partial charge is 0.484 e. The Balaban J connectivity index is 1.47. The van der Waals surface area contributed by atoms with Crippen LogP contribution in [0, 0.1) is 0 Å². The van der Waals surface area contributed by atoms with Crippen LogP contribution in [0.15, 0.2) is 63.8 Å². The number of rotatable bonds is 6. The van der Waals surface area contributed by atoms with Crippen molar-refractivity contribution in [1.82, 2.24) is 15.8 Å². The number of hydrogen-bond donors (Lipinski definition) is 4. The minimum absolute atomic E-state index is 0.176. The van der Waals surface area contributed by atoms with Gasteiger partial charge < -0.3 is 19.5 Å². The van der Waals surface area contributed by atoms with E-state index in [1.54, 1.807) is 48.7 Å². The third kappa shape index (κ3) is 5.24. The van der Waals surface area contributed by atoms with E-state index >= 15 is 0 Å². The smallest absolute Gasteiger partial charge is 0.291 e. The highest BCUT2D eigenvalue weighted by atomic mass is 79.9. The van der Waals surface area contributed by atoms with Crippen molar-refractivity contribution in [3.8, 4) is 5.75 Å². The van der Waals surface area contributed by atoms with Gasteiger partial charge in [-0.05, 0) is 46.3 Å². The molecule has 0 saturated heterocycles. The molecule has 0 atom stereocenters. The molecule has 0 aliphatic carbocycles. The van der Waals surface area contributed by atoms with Gasteiger partial charge in [-0.2, -0.15) is 0 Å². The molecule has 2 aromatic heterocycles. The molecule has 10 heteroatoms. The van der Waals surface area contributed by atoms with E-state index in [-0.39, 0.29) is 18.1 Å². The maximum absolute atomic E-state index is 12.0. The van der Waals surface area contributed by atoms with Crippen molar-refractivity contribution in [1.29, 1.82) is 0 Å². The summed E-state index contributed by atoms with van der Waals surface area (Å²) < 4.78 is 11.1. The molecule has 0 spiro atoms. The van der Waals surface area contributed by atoms with E-state index in [9.17, 15) is 14.4 Å². The Labute approximate surface area is 167 Å². The topological polar surface area (TPSA) is 125 Å². The van der Waals surface area contributed by atoms with Crippen molar-refractivity contribution in [2.45, 2.75) is 0 Å². The predicted octanol–water partition coefficient (Wildman–Crippen LogP) is 2.46. The lowest BCUT2D eigenvalue weighted by Gasteiger charge is -2.09. The van der Waals surface area contributed by atoms with Crippen LogP contribution >= 0.6 is 15.9 Å². The lowest BCUT2D eigenvalue weighted by Crippen LogP contribution is -2.43. The Morgan fingerprint density at radius 2 is 1.93 bits per heavy atom. The van der Waals surface area contributed by atoms with Gasteiger partial charge >= 0.3 is 0 Å². The van der Waals surface area contributed by atoms with Crippen molar-refractivity contribution in [3.63, 3.8) is 0 Å². The van der Waals surface area contributed by atoms with Crippen LogP contribution in [0.25, 0.3) is 0 Å². The van der Waals surface area contributed by atoms with Crippen molar-refractivity contribution < 1.29 is 23.5 Å². The predicted molar refractivity (Wildman–Crippen MR) is 103 cm³/mol. The second kappa shape index (κ2) is 8.91. The molecule has 3 amide bonds. The van der Waals surface area contributed by atoms with Gasteiger partial charge in [-0.3, -0.25) is 25.2 Å². The minimum atomic E-state index is -0.552. The molecule has 0 radical (unpaired) electrons. The number of carbonyl (C=O) groups excluding carboxylic acids is 3. The zero-order valence-corrected chi connectivity index (χ0v) is 15.9. The number of anilines is 1. The van der Waals surface area contributed by atoms with Crippen LogP contribution in [-0.2, 0) is 4.79 Å². The maximum Gasteiger partial charge on any atom is 0.291 e. The number of furan rings is 1. The Bertz CT molecular complexity index is 984. The molecule has 0 unspecified atom stereocenters. The lowest BCUT2D eigenvalue weighted by atomic mass is 10.3. The van der Waals surface area contributed by atoms with Crippen LogP contribution in [0.5, 0.6) is 5.75 Å². The SMILES string of the molecule is O=C(COc1cccc(NC(=O)c2ccco2)c1)NNC(=O)c1cc(Br)c[nH]1. The summed E-state index contributed by atoms with van der Waals surface area (Å²) in [6.07, 6.45) is 3.00. The highest BCUT2D eigenvalue weighted by Crippen LogP contribution is 2.18. The molecular weight excluding hydrogens is 432 g/mol. The second-order valence-electron chi connectivity index (χ2n) is 5.48. The summed E-state index contributed by atoms with van der Waals surface area (Å²) >= 11 is 3.21. The molecule has 0 aliphatic heterocycles. The third-order valence-electron chi connectivity index (χ3n) is 3.41. The number of hydrazine groups is 1. The zero-order valence-electron chi connectivity index (χ0n) is 14.3. The maximum atomic E-state index is 12.0. The summed E-state index contributed by atoms with van der Waals surface area (Å²) in [4.78, 5) is 38.3. The number of halogens is 1. The van der Waals surface area contributed by atoms with Gasteiger partial charge in [0.2, 0.25) is 0 Å². The van der Waals surface area contributed by atoms with Crippen molar-refractivity contribution in [2.75, 3.05) is 11.9 Å². The van der Waals surface area contributed by atoms with E-state index in [1.807, 2.05) is 0 Å². The van der Waals surface area contributed by atoms with Gasteiger partial charge in [-0.1, -0.05) is 6.07 Å². The van der Waals surface area contributed by atoms with E-state index in [2.05, 4.69) is 37.1 Å². The highest BCUT2D eigenvalue weighted by molar-refractivity contribution is 9.10. The molecule has 0 bridgehead atoms. The summed E-state index contributed by atoms with van der Waals surface area (Å²) in [6, 6.07) is 11.2. The Morgan fingerprint density at radius 3 is 2.64 bits per heavy atom. The summed E-state index contributed by atoms with van der Waals surface area (Å²) in [7, 11) is 0. The Kier molecular flexibility index (Phi) is 6.12. The normalized spacial score (nSPS) is 10.2. The standard InChI is InChI=1S/C18H15BrN4O5/c19-11-7-14(20-9-11)17(25)23-22-16(24)10-28-13-4-1-3-12(8-13)21-18(26)15-5-2-6-27-15/h1-9,20H,10H2,(H,21,26)(H,22,24)(H,23,25). The average molecular weight is 447 g/mol. The number of aromatic amines is 1. The summed E-state index contributed by atoms with van der Waals surface area (Å²) in [5.74, 6) is -0.910. The van der Waals surface area contributed by atoms with E-state index in [4.69, 9.17) is 9.15 Å². The number of benzene rings is 1. The van der Waals surface area contributed by atoms with Gasteiger partial charge in [-0.15, -0.1) is 0 Å². The zero-order chi connectivity index (χ0) is 19.9. The summed E-state index contributed by atoms with van der Waals surface area (Å²) in [5.41, 5.74) is 5.27. The fourth-order valence-corrected chi connectivity index (χ4v) is 2.49. The van der Waals surface area contributed by atoms with Crippen LogP contribution in [0.3, 0.4) is 0 Å². The number of H-pyrrole nitrogens is 1. The molecule has 0 saturated carbocycles. The number of aromatic nitrogens is 1. The third-order valence-corrected chi connectivity index (χ3v) is 3.87. The molecular formula is C18H15BrN4O5. The van der Waals surface area contributed by atoms with Gasteiger partial charge in [0, 0.05) is 22.4 Å². The van der Waals surface area contributed by atoms with Crippen LogP contribution in [0.1, 0.15) is 21.0 Å². The molecule has 3 aromatic rings. The first-order valence-corrected chi connectivity index (χ1v) is 8.81. The van der Waals surface area contributed by atoms with Crippen LogP contribution in [-0.4, -0.2) is 29.3 Å². The monoisotopic (exact) mass is 446 g/mol. The molecule has 0 fully saturated rings. The van der Waals surface area contributed by atoms with Crippen molar-refractivity contribution in [3.05, 3.63) is 70.9 Å². The molecule has 1 aromatic carbocycles. The van der Waals surface area contributed by atoms with Gasteiger partial charge in [0.05, 0.1) is 6.26 Å². The average Bonchev–Trinajstić information content (AvgIpc) is 3.36. The number of amides is 3. The van der Waals surface area contributed by atoms with Crippen molar-refractivity contribution >= 4 is 39.3 Å². The molecule has 4 N–H and O–H groups in total. The minimum Gasteiger partial charge on any atom is -0.484 e. The van der Waals surface area contributed by atoms with Gasteiger partial charge in [0.15, 0.2) is 12.4 Å². The van der Waals surface area contributed by atoms with Crippen LogP contribution in [0.2, 0.25) is 0 Å². The van der Waals surface area contributed by atoms with E-state index < -0.39 is 17.7 Å². The lowest BCUT2D eigenvalue weighted by molar-refractivity contribution is -0.123. The molecule has 2 heterocycles. The highest BCUT2D eigenvalue weighted by Gasteiger charge is 2.11. The Morgan fingerprint density at radius 1 is 1.07 bits per heavy atom. The first kappa shape index (κ1) is 19.2. The first-order valence-electron chi connectivity index (χ1n) is 8.02. The van der Waals surface area contributed by atoms with Gasteiger partial charge in [-0.25, -0.2) is 0 Å². The van der Waals surface area contributed by atoms with Gasteiger partial charge in [0.1, 0.15) is 11.4 Å². The number of nitrogens with one attached hydrogen (secondary N) is 4. The number of ether oxygens (including phenoxy) is 1. The summed E-state index contributed by atoms with van der Waals surface area (Å²) in [6.45, 7) is -0.329. The van der Waals surface area contributed by atoms with E-state index in [0.29, 0.717) is 15.9 Å². The van der Waals surface area contributed by atoms with Crippen LogP contribution < -0.4 is 20.9 Å². The fourth-order valence-electron chi connectivity index (χ4n) is 2.14.